The van der Waals surface area contributed by atoms with Crippen molar-refractivity contribution in [2.75, 3.05) is 0 Å². The summed E-state index contributed by atoms with van der Waals surface area (Å²) in [5.41, 5.74) is 0.0698. The van der Waals surface area contributed by atoms with Gasteiger partial charge >= 0.3 is 11.9 Å². The standard InChI is InChI=1S/C22H24F2O5S2/c1-12(2)27-20(25)18-14(5)17(19(31-18)21(26)28-13(3)4)29-16(30)11-22(23,24)15-9-7-6-8-10-15/h6-10,12-13H,11H2,1-5H3. The summed E-state index contributed by atoms with van der Waals surface area (Å²) in [5.74, 6) is -4.72. The van der Waals surface area contributed by atoms with Gasteiger partial charge in [-0.15, -0.1) is 11.3 Å². The number of alkyl halides is 2. The summed E-state index contributed by atoms with van der Waals surface area (Å²) in [6.07, 6.45) is -1.68. The molecule has 0 aliphatic heterocycles. The number of esters is 2. The molecule has 2 aromatic rings. The van der Waals surface area contributed by atoms with Crippen molar-refractivity contribution < 1.29 is 32.6 Å². The van der Waals surface area contributed by atoms with E-state index in [0.717, 1.165) is 11.3 Å². The van der Waals surface area contributed by atoms with Gasteiger partial charge in [-0.05, 0) is 46.8 Å². The highest BCUT2D eigenvalue weighted by molar-refractivity contribution is 7.80. The summed E-state index contributed by atoms with van der Waals surface area (Å²) in [6.45, 7) is 8.24. The number of carbonyl (C=O) groups excluding carboxylic acids is 2. The molecular weight excluding hydrogens is 446 g/mol. The molecule has 0 aliphatic rings. The first-order valence-corrected chi connectivity index (χ1v) is 10.8. The number of carbonyl (C=O) groups is 2. The molecule has 9 heteroatoms. The smallest absolute Gasteiger partial charge is 0.352 e. The van der Waals surface area contributed by atoms with E-state index in [2.05, 4.69) is 0 Å². The Kier molecular flexibility index (Phi) is 8.25. The molecule has 1 aromatic carbocycles. The van der Waals surface area contributed by atoms with Crippen molar-refractivity contribution in [1.29, 1.82) is 0 Å². The van der Waals surface area contributed by atoms with Crippen LogP contribution in [-0.2, 0) is 15.4 Å². The Balaban J connectivity index is 2.34. The van der Waals surface area contributed by atoms with Gasteiger partial charge in [0, 0.05) is 11.1 Å². The quantitative estimate of drug-likeness (QED) is 0.344. The van der Waals surface area contributed by atoms with E-state index in [9.17, 15) is 18.4 Å². The van der Waals surface area contributed by atoms with Crippen LogP contribution in [0.3, 0.4) is 0 Å². The SMILES string of the molecule is Cc1c(C(=O)OC(C)C)sc(C(=O)OC(C)C)c1OC(=S)CC(F)(F)c1ccccc1. The van der Waals surface area contributed by atoms with Crippen LogP contribution in [0.2, 0.25) is 0 Å². The fraction of sp³-hybridized carbons (Fsp3) is 0.409. The lowest BCUT2D eigenvalue weighted by Gasteiger charge is -2.18. The predicted octanol–water partition coefficient (Wildman–Crippen LogP) is 6.08. The van der Waals surface area contributed by atoms with Crippen molar-refractivity contribution in [2.24, 2.45) is 0 Å². The molecular formula is C22H24F2O5S2. The molecule has 0 saturated heterocycles. The maximum Gasteiger partial charge on any atom is 0.352 e. The summed E-state index contributed by atoms with van der Waals surface area (Å²) >= 11 is 5.88. The van der Waals surface area contributed by atoms with E-state index in [1.54, 1.807) is 33.8 Å². The number of hydrogen-bond donors (Lipinski definition) is 0. The van der Waals surface area contributed by atoms with Gasteiger partial charge in [-0.2, -0.15) is 0 Å². The van der Waals surface area contributed by atoms with Gasteiger partial charge in [0.15, 0.2) is 15.7 Å². The molecule has 0 saturated carbocycles. The first kappa shape index (κ1) is 24.9. The van der Waals surface area contributed by atoms with Gasteiger partial charge in [0.1, 0.15) is 4.88 Å². The van der Waals surface area contributed by atoms with Crippen molar-refractivity contribution in [3.8, 4) is 5.75 Å². The van der Waals surface area contributed by atoms with Gasteiger partial charge in [-0.25, -0.2) is 18.4 Å². The minimum absolute atomic E-state index is 0.0349. The molecule has 0 fully saturated rings. The zero-order valence-corrected chi connectivity index (χ0v) is 19.5. The summed E-state index contributed by atoms with van der Waals surface area (Å²) in [7, 11) is 0. The number of benzene rings is 1. The Morgan fingerprint density at radius 2 is 1.52 bits per heavy atom. The molecule has 1 heterocycles. The van der Waals surface area contributed by atoms with E-state index in [-0.39, 0.29) is 32.7 Å². The molecule has 0 radical (unpaired) electrons. The zero-order chi connectivity index (χ0) is 23.3. The molecule has 0 atom stereocenters. The molecule has 0 aliphatic carbocycles. The molecule has 168 valence electrons. The molecule has 0 spiro atoms. The van der Waals surface area contributed by atoms with E-state index in [0.29, 0.717) is 0 Å². The van der Waals surface area contributed by atoms with E-state index in [1.807, 2.05) is 0 Å². The minimum atomic E-state index is -3.26. The molecule has 1 aromatic heterocycles. The first-order valence-electron chi connectivity index (χ1n) is 9.61. The van der Waals surface area contributed by atoms with Crippen molar-refractivity contribution in [2.45, 2.75) is 59.2 Å². The summed E-state index contributed by atoms with van der Waals surface area (Å²) in [6, 6.07) is 7.23. The highest BCUT2D eigenvalue weighted by Crippen LogP contribution is 2.38. The highest BCUT2D eigenvalue weighted by atomic mass is 32.1. The average molecular weight is 471 g/mol. The second-order valence-electron chi connectivity index (χ2n) is 7.34. The Bertz CT molecular complexity index is 952. The fourth-order valence-corrected chi connectivity index (χ4v) is 3.87. The van der Waals surface area contributed by atoms with Crippen LogP contribution in [0, 0.1) is 6.92 Å². The molecule has 2 rings (SSSR count). The number of ether oxygens (including phenoxy) is 3. The third kappa shape index (κ3) is 6.54. The van der Waals surface area contributed by atoms with E-state index in [4.69, 9.17) is 26.4 Å². The number of halogens is 2. The minimum Gasteiger partial charge on any atom is -0.459 e. The molecule has 31 heavy (non-hydrogen) atoms. The largest absolute Gasteiger partial charge is 0.459 e. The highest BCUT2D eigenvalue weighted by Gasteiger charge is 2.35. The molecule has 0 bridgehead atoms. The van der Waals surface area contributed by atoms with Crippen LogP contribution >= 0.6 is 23.6 Å². The second-order valence-corrected chi connectivity index (χ2v) is 8.82. The van der Waals surface area contributed by atoms with Crippen LogP contribution in [0.1, 0.15) is 64.6 Å². The van der Waals surface area contributed by atoms with Crippen molar-refractivity contribution in [1.82, 2.24) is 0 Å². The topological polar surface area (TPSA) is 61.8 Å². The fourth-order valence-electron chi connectivity index (χ4n) is 2.60. The van der Waals surface area contributed by atoms with E-state index >= 15 is 0 Å². The lowest BCUT2D eigenvalue weighted by atomic mass is 10.1. The second kappa shape index (κ2) is 10.3. The van der Waals surface area contributed by atoms with Crippen LogP contribution in [0.4, 0.5) is 8.78 Å². The van der Waals surface area contributed by atoms with Crippen molar-refractivity contribution in [3.63, 3.8) is 0 Å². The van der Waals surface area contributed by atoms with Gasteiger partial charge in [0.2, 0.25) is 0 Å². The predicted molar refractivity (Wildman–Crippen MR) is 118 cm³/mol. The summed E-state index contributed by atoms with van der Waals surface area (Å²) in [5, 5.41) is -0.419. The van der Waals surface area contributed by atoms with E-state index < -0.39 is 35.4 Å². The Hall–Kier alpha value is -2.39. The van der Waals surface area contributed by atoms with Crippen molar-refractivity contribution >= 4 is 40.5 Å². The van der Waals surface area contributed by atoms with Gasteiger partial charge in [0.25, 0.3) is 5.92 Å². The Labute approximate surface area is 189 Å². The number of hydrogen-bond acceptors (Lipinski definition) is 7. The van der Waals surface area contributed by atoms with Crippen LogP contribution < -0.4 is 4.74 Å². The van der Waals surface area contributed by atoms with E-state index in [1.165, 1.54) is 31.2 Å². The van der Waals surface area contributed by atoms with Crippen LogP contribution in [0.5, 0.6) is 5.75 Å². The number of thiocarbonyl (C=S) groups is 1. The molecule has 0 amide bonds. The lowest BCUT2D eigenvalue weighted by molar-refractivity contribution is 0.00156. The first-order chi connectivity index (χ1) is 14.4. The molecule has 0 N–H and O–H groups in total. The van der Waals surface area contributed by atoms with Gasteiger partial charge in [0.05, 0.1) is 18.6 Å². The van der Waals surface area contributed by atoms with Crippen LogP contribution in [0.25, 0.3) is 0 Å². The number of thiophene rings is 1. The average Bonchev–Trinajstić information content (AvgIpc) is 2.97. The van der Waals surface area contributed by atoms with Crippen molar-refractivity contribution in [3.05, 3.63) is 51.2 Å². The Morgan fingerprint density at radius 3 is 2.03 bits per heavy atom. The van der Waals surface area contributed by atoms with Crippen LogP contribution in [0.15, 0.2) is 30.3 Å². The van der Waals surface area contributed by atoms with Gasteiger partial charge in [-0.1, -0.05) is 30.3 Å². The maximum atomic E-state index is 14.6. The molecule has 5 nitrogen and oxygen atoms in total. The van der Waals surface area contributed by atoms with Crippen LogP contribution in [-0.4, -0.2) is 29.2 Å². The lowest BCUT2D eigenvalue weighted by Crippen LogP contribution is -2.21. The third-order valence-electron chi connectivity index (χ3n) is 3.93. The maximum absolute atomic E-state index is 14.6. The zero-order valence-electron chi connectivity index (χ0n) is 17.9. The normalized spacial score (nSPS) is 11.5. The Morgan fingerprint density at radius 1 is 1.00 bits per heavy atom. The third-order valence-corrected chi connectivity index (χ3v) is 5.39. The monoisotopic (exact) mass is 470 g/mol. The van der Waals surface area contributed by atoms with Gasteiger partial charge < -0.3 is 14.2 Å². The van der Waals surface area contributed by atoms with Gasteiger partial charge in [-0.3, -0.25) is 0 Å². The molecule has 0 unspecified atom stereocenters. The summed E-state index contributed by atoms with van der Waals surface area (Å²) in [4.78, 5) is 25.0. The summed E-state index contributed by atoms with van der Waals surface area (Å²) < 4.78 is 45.1. The number of rotatable bonds is 8.